The first-order valence-electron chi connectivity index (χ1n) is 7.83. The van der Waals surface area contributed by atoms with Gasteiger partial charge in [-0.15, -0.1) is 0 Å². The summed E-state index contributed by atoms with van der Waals surface area (Å²) in [6, 6.07) is 7.04. The molecule has 1 aliphatic rings. The molecule has 1 aliphatic carbocycles. The molecule has 0 bridgehead atoms. The van der Waals surface area contributed by atoms with Gasteiger partial charge in [-0.2, -0.15) is 0 Å². The maximum atomic E-state index is 12.5. The van der Waals surface area contributed by atoms with Gasteiger partial charge in [-0.1, -0.05) is 31.4 Å². The number of carboxylic acid groups (broad SMARTS) is 1. The number of nitrogens with one attached hydrogen (secondary N) is 1. The van der Waals surface area contributed by atoms with Crippen LogP contribution in [0.2, 0.25) is 0 Å². The van der Waals surface area contributed by atoms with Gasteiger partial charge in [0.25, 0.3) is 5.91 Å². The van der Waals surface area contributed by atoms with Crippen LogP contribution < -0.4 is 10.1 Å². The summed E-state index contributed by atoms with van der Waals surface area (Å²) in [6.07, 6.45) is 4.63. The quantitative estimate of drug-likeness (QED) is 0.803. The van der Waals surface area contributed by atoms with Crippen molar-refractivity contribution in [1.82, 2.24) is 5.32 Å². The van der Waals surface area contributed by atoms with Crippen LogP contribution in [0.25, 0.3) is 0 Å². The number of ether oxygens (including phenoxy) is 2. The molecule has 126 valence electrons. The second kappa shape index (κ2) is 7.97. The fraction of sp³-hybridized carbons (Fsp3) is 0.529. The highest BCUT2D eigenvalue weighted by atomic mass is 16.5. The lowest BCUT2D eigenvalue weighted by Gasteiger charge is -2.34. The minimum Gasteiger partial charge on any atom is -0.482 e. The Hall–Kier alpha value is -2.08. The number of hydrogen-bond acceptors (Lipinski definition) is 4. The summed E-state index contributed by atoms with van der Waals surface area (Å²) in [6.45, 7) is -0.0309. The zero-order valence-corrected chi connectivity index (χ0v) is 13.3. The maximum Gasteiger partial charge on any atom is 0.341 e. The van der Waals surface area contributed by atoms with E-state index in [1.807, 2.05) is 6.07 Å². The summed E-state index contributed by atoms with van der Waals surface area (Å²) in [4.78, 5) is 23.0. The van der Waals surface area contributed by atoms with Crippen LogP contribution in [0.5, 0.6) is 5.75 Å². The highest BCUT2D eigenvalue weighted by Crippen LogP contribution is 2.31. The zero-order chi connectivity index (χ0) is 16.7. The molecule has 1 fully saturated rings. The van der Waals surface area contributed by atoms with Crippen LogP contribution in [0, 0.1) is 0 Å². The molecule has 2 N–H and O–H groups in total. The average molecular weight is 321 g/mol. The smallest absolute Gasteiger partial charge is 0.341 e. The molecule has 0 aliphatic heterocycles. The van der Waals surface area contributed by atoms with Crippen molar-refractivity contribution in [3.63, 3.8) is 0 Å². The van der Waals surface area contributed by atoms with E-state index in [1.165, 1.54) is 0 Å². The van der Waals surface area contributed by atoms with Gasteiger partial charge < -0.3 is 19.9 Å². The SMILES string of the molecule is COC1(C(=O)NCc2cccc(OCC(=O)O)c2)CCCCC1. The van der Waals surface area contributed by atoms with Crippen LogP contribution in [-0.4, -0.2) is 36.3 Å². The van der Waals surface area contributed by atoms with E-state index in [9.17, 15) is 9.59 Å². The van der Waals surface area contributed by atoms with E-state index in [0.29, 0.717) is 12.3 Å². The van der Waals surface area contributed by atoms with Gasteiger partial charge in [-0.05, 0) is 30.5 Å². The molecule has 1 saturated carbocycles. The summed E-state index contributed by atoms with van der Waals surface area (Å²) in [5, 5.41) is 11.5. The Morgan fingerprint density at radius 2 is 2.00 bits per heavy atom. The largest absolute Gasteiger partial charge is 0.482 e. The van der Waals surface area contributed by atoms with Crippen LogP contribution in [0.3, 0.4) is 0 Å². The Kier molecular flexibility index (Phi) is 5.98. The number of benzene rings is 1. The van der Waals surface area contributed by atoms with Crippen LogP contribution in [0.1, 0.15) is 37.7 Å². The molecule has 1 aromatic carbocycles. The van der Waals surface area contributed by atoms with E-state index in [0.717, 1.165) is 37.7 Å². The molecule has 6 nitrogen and oxygen atoms in total. The lowest BCUT2D eigenvalue weighted by atomic mass is 9.84. The van der Waals surface area contributed by atoms with Gasteiger partial charge in [-0.3, -0.25) is 4.79 Å². The van der Waals surface area contributed by atoms with Crippen molar-refractivity contribution in [2.45, 2.75) is 44.2 Å². The van der Waals surface area contributed by atoms with Crippen molar-refractivity contribution in [1.29, 1.82) is 0 Å². The number of rotatable bonds is 7. The van der Waals surface area contributed by atoms with Gasteiger partial charge in [0.05, 0.1) is 0 Å². The molecule has 0 heterocycles. The van der Waals surface area contributed by atoms with Crippen LogP contribution in [0.4, 0.5) is 0 Å². The minimum atomic E-state index is -1.02. The predicted molar refractivity (Wildman–Crippen MR) is 84.2 cm³/mol. The van der Waals surface area contributed by atoms with Crippen molar-refractivity contribution in [3.8, 4) is 5.75 Å². The number of carboxylic acids is 1. The molecule has 0 saturated heterocycles. The number of hydrogen-bond donors (Lipinski definition) is 2. The number of carbonyl (C=O) groups is 2. The molecule has 0 atom stereocenters. The Bertz CT molecular complexity index is 552. The van der Waals surface area contributed by atoms with E-state index >= 15 is 0 Å². The van der Waals surface area contributed by atoms with Crippen molar-refractivity contribution < 1.29 is 24.2 Å². The van der Waals surface area contributed by atoms with Crippen molar-refractivity contribution in [3.05, 3.63) is 29.8 Å². The van der Waals surface area contributed by atoms with Crippen molar-refractivity contribution in [2.24, 2.45) is 0 Å². The van der Waals surface area contributed by atoms with Crippen LogP contribution in [-0.2, 0) is 20.9 Å². The van der Waals surface area contributed by atoms with Crippen LogP contribution in [0.15, 0.2) is 24.3 Å². The Morgan fingerprint density at radius 1 is 1.26 bits per heavy atom. The van der Waals surface area contributed by atoms with E-state index < -0.39 is 11.6 Å². The first-order valence-corrected chi connectivity index (χ1v) is 7.83. The van der Waals surface area contributed by atoms with E-state index in [4.69, 9.17) is 14.6 Å². The summed E-state index contributed by atoms with van der Waals surface area (Å²) >= 11 is 0. The first kappa shape index (κ1) is 17.3. The number of aliphatic carboxylic acids is 1. The molecule has 1 aromatic rings. The predicted octanol–water partition coefficient (Wildman–Crippen LogP) is 2.12. The third kappa shape index (κ3) is 4.69. The molecule has 23 heavy (non-hydrogen) atoms. The summed E-state index contributed by atoms with van der Waals surface area (Å²) in [5.74, 6) is -0.641. The lowest BCUT2D eigenvalue weighted by Crippen LogP contribution is -2.49. The van der Waals surface area contributed by atoms with Gasteiger partial charge in [0.15, 0.2) is 6.61 Å². The van der Waals surface area contributed by atoms with E-state index in [-0.39, 0.29) is 12.5 Å². The lowest BCUT2D eigenvalue weighted by molar-refractivity contribution is -0.147. The topological polar surface area (TPSA) is 84.9 Å². The van der Waals surface area contributed by atoms with Crippen molar-refractivity contribution in [2.75, 3.05) is 13.7 Å². The molecule has 0 unspecified atom stereocenters. The van der Waals surface area contributed by atoms with Gasteiger partial charge in [0, 0.05) is 13.7 Å². The minimum absolute atomic E-state index is 0.0865. The molecule has 6 heteroatoms. The molecular weight excluding hydrogens is 298 g/mol. The Morgan fingerprint density at radius 3 is 2.65 bits per heavy atom. The molecule has 2 rings (SSSR count). The molecule has 1 amide bonds. The summed E-state index contributed by atoms with van der Waals surface area (Å²) < 4.78 is 10.7. The molecular formula is C17H23NO5. The Labute approximate surface area is 135 Å². The highest BCUT2D eigenvalue weighted by Gasteiger charge is 2.39. The fourth-order valence-corrected chi connectivity index (χ4v) is 2.88. The summed E-state index contributed by atoms with van der Waals surface area (Å²) in [5.41, 5.74) is 0.138. The number of amides is 1. The second-order valence-corrected chi connectivity index (χ2v) is 5.77. The molecule has 0 aromatic heterocycles. The average Bonchev–Trinajstić information content (AvgIpc) is 2.58. The molecule has 0 spiro atoms. The van der Waals surface area contributed by atoms with Gasteiger partial charge in [-0.25, -0.2) is 4.79 Å². The van der Waals surface area contributed by atoms with Crippen LogP contribution >= 0.6 is 0 Å². The van der Waals surface area contributed by atoms with Gasteiger partial charge in [0.1, 0.15) is 11.4 Å². The first-order chi connectivity index (χ1) is 11.1. The number of carbonyl (C=O) groups excluding carboxylic acids is 1. The second-order valence-electron chi connectivity index (χ2n) is 5.77. The molecule has 0 radical (unpaired) electrons. The van der Waals surface area contributed by atoms with Gasteiger partial charge >= 0.3 is 5.97 Å². The zero-order valence-electron chi connectivity index (χ0n) is 13.3. The summed E-state index contributed by atoms with van der Waals surface area (Å²) in [7, 11) is 1.59. The van der Waals surface area contributed by atoms with Crippen molar-refractivity contribution >= 4 is 11.9 Å². The Balaban J connectivity index is 1.93. The standard InChI is InChI=1S/C17H23NO5/c1-22-17(8-3-2-4-9-17)16(21)18-11-13-6-5-7-14(10-13)23-12-15(19)20/h5-7,10H,2-4,8-9,11-12H2,1H3,(H,18,21)(H,19,20). The normalized spacial score (nSPS) is 16.6. The van der Waals surface area contributed by atoms with Gasteiger partial charge in [0.2, 0.25) is 0 Å². The third-order valence-corrected chi connectivity index (χ3v) is 4.18. The fourth-order valence-electron chi connectivity index (χ4n) is 2.88. The third-order valence-electron chi connectivity index (χ3n) is 4.18. The van der Waals surface area contributed by atoms with E-state index in [2.05, 4.69) is 5.32 Å². The highest BCUT2D eigenvalue weighted by molar-refractivity contribution is 5.85. The number of methoxy groups -OCH3 is 1. The monoisotopic (exact) mass is 321 g/mol. The maximum absolute atomic E-state index is 12.5. The van der Waals surface area contributed by atoms with E-state index in [1.54, 1.807) is 25.3 Å².